The van der Waals surface area contributed by atoms with Crippen LogP contribution in [0, 0.1) is 11.8 Å². The molecule has 49 heavy (non-hydrogen) atoms. The smallest absolute Gasteiger partial charge is 0.405 e. The van der Waals surface area contributed by atoms with Gasteiger partial charge in [-0.3, -0.25) is 14.4 Å². The average Bonchev–Trinajstić information content (AvgIpc) is 3.04. The highest BCUT2D eigenvalue weighted by molar-refractivity contribution is 6.23. The van der Waals surface area contributed by atoms with Gasteiger partial charge in [0.15, 0.2) is 6.10 Å². The van der Waals surface area contributed by atoms with Crippen LogP contribution in [0.3, 0.4) is 0 Å². The fourth-order valence-electron chi connectivity index (χ4n) is 5.96. The number of hydrogen-bond acceptors (Lipinski definition) is 11. The summed E-state index contributed by atoms with van der Waals surface area (Å²) in [5.74, 6) is -2.29. The molecule has 1 aliphatic heterocycles. The van der Waals surface area contributed by atoms with Crippen LogP contribution in [-0.4, -0.2) is 99.4 Å². The zero-order valence-electron chi connectivity index (χ0n) is 29.9. The van der Waals surface area contributed by atoms with E-state index >= 15 is 0 Å². The third-order valence-corrected chi connectivity index (χ3v) is 8.64. The lowest BCUT2D eigenvalue weighted by Crippen LogP contribution is -2.41. The fraction of sp³-hybridized carbons (Fsp3) is 0.571. The summed E-state index contributed by atoms with van der Waals surface area (Å²) in [4.78, 5) is 66.7. The second-order valence-electron chi connectivity index (χ2n) is 12.3. The Bertz CT molecular complexity index is 1380. The molecule has 1 aliphatic carbocycles. The molecule has 272 valence electrons. The van der Waals surface area contributed by atoms with Crippen molar-refractivity contribution in [1.29, 1.82) is 0 Å². The number of nitrogens with zero attached hydrogens (tertiary/aromatic N) is 1. The van der Waals surface area contributed by atoms with Gasteiger partial charge in [0.25, 0.3) is 5.91 Å². The van der Waals surface area contributed by atoms with Crippen molar-refractivity contribution in [3.8, 4) is 0 Å². The van der Waals surface area contributed by atoms with Crippen LogP contribution in [0.1, 0.15) is 54.4 Å². The van der Waals surface area contributed by atoms with Crippen molar-refractivity contribution >= 4 is 29.7 Å². The van der Waals surface area contributed by atoms with E-state index in [0.29, 0.717) is 25.1 Å². The SMILES string of the molecule is CCN(CC)CCNC1=C2C[C@@H](C)C[C@H](OC)[C@H](OC(N)=O)[C@@H](C)/C=C(\C)[C@H](OC(N)=O)[C@@H](OC)/C=C\C=C(/C)C(=O)NC(=CC1=O)C2=O. The van der Waals surface area contributed by atoms with Gasteiger partial charge in [0.2, 0.25) is 11.6 Å². The van der Waals surface area contributed by atoms with E-state index in [-0.39, 0.29) is 34.9 Å². The maximum Gasteiger partial charge on any atom is 0.405 e. The predicted molar refractivity (Wildman–Crippen MR) is 184 cm³/mol. The molecular formula is C35H53N5O9. The highest BCUT2D eigenvalue weighted by atomic mass is 16.6. The zero-order valence-corrected chi connectivity index (χ0v) is 29.9. The minimum atomic E-state index is -1.03. The van der Waals surface area contributed by atoms with Crippen LogP contribution in [0.2, 0.25) is 0 Å². The minimum Gasteiger partial charge on any atom is -0.443 e. The summed E-state index contributed by atoms with van der Waals surface area (Å²) < 4.78 is 22.4. The zero-order chi connectivity index (χ0) is 36.8. The lowest BCUT2D eigenvalue weighted by Gasteiger charge is -2.32. The monoisotopic (exact) mass is 687 g/mol. The summed E-state index contributed by atoms with van der Waals surface area (Å²) in [6.07, 6.45) is 2.49. The number of hydrogen-bond donors (Lipinski definition) is 4. The number of likely N-dealkylation sites (N-methyl/N-ethyl adjacent to an activating group) is 1. The maximum absolute atomic E-state index is 13.9. The Morgan fingerprint density at radius 1 is 1.02 bits per heavy atom. The van der Waals surface area contributed by atoms with Crippen molar-refractivity contribution in [2.45, 2.75) is 78.8 Å². The number of fused-ring (bicyclic) bond motifs is 2. The lowest BCUT2D eigenvalue weighted by atomic mass is 9.85. The highest BCUT2D eigenvalue weighted by Crippen LogP contribution is 2.30. The molecule has 0 aromatic rings. The number of primary amides is 2. The predicted octanol–water partition coefficient (Wildman–Crippen LogP) is 2.80. The van der Waals surface area contributed by atoms with Gasteiger partial charge in [-0.25, -0.2) is 9.59 Å². The molecule has 0 spiro atoms. The molecule has 2 rings (SSSR count). The molecule has 2 bridgehead atoms. The molecule has 0 saturated heterocycles. The normalized spacial score (nSPS) is 28.8. The van der Waals surface area contributed by atoms with E-state index in [2.05, 4.69) is 15.5 Å². The molecule has 6 N–H and O–H groups in total. The van der Waals surface area contributed by atoms with Gasteiger partial charge in [0, 0.05) is 50.4 Å². The van der Waals surface area contributed by atoms with Gasteiger partial charge in [-0.1, -0.05) is 52.0 Å². The highest BCUT2D eigenvalue weighted by Gasteiger charge is 2.35. The number of amides is 3. The number of nitrogens with two attached hydrogens (primary N) is 2. The van der Waals surface area contributed by atoms with Gasteiger partial charge in [0.1, 0.15) is 12.2 Å². The van der Waals surface area contributed by atoms with Crippen LogP contribution in [0.25, 0.3) is 0 Å². The maximum atomic E-state index is 13.9. The summed E-state index contributed by atoms with van der Waals surface area (Å²) in [6, 6.07) is 0. The minimum absolute atomic E-state index is 0.141. The van der Waals surface area contributed by atoms with Crippen LogP contribution in [0.15, 0.2) is 58.5 Å². The van der Waals surface area contributed by atoms with Crippen molar-refractivity contribution in [2.75, 3.05) is 40.4 Å². The van der Waals surface area contributed by atoms with Gasteiger partial charge < -0.3 is 45.9 Å². The summed E-state index contributed by atoms with van der Waals surface area (Å²) in [7, 11) is 2.89. The first kappa shape index (κ1) is 40.9. The molecule has 0 aromatic carbocycles. The summed E-state index contributed by atoms with van der Waals surface area (Å²) in [6.45, 7) is 13.8. The first-order chi connectivity index (χ1) is 23.2. The molecule has 0 aromatic heterocycles. The summed E-state index contributed by atoms with van der Waals surface area (Å²) >= 11 is 0. The number of allylic oxidation sites excluding steroid dienone is 4. The van der Waals surface area contributed by atoms with E-state index in [0.717, 1.165) is 19.2 Å². The Hall–Kier alpha value is -4.27. The van der Waals surface area contributed by atoms with Crippen LogP contribution in [0.4, 0.5) is 9.59 Å². The molecule has 6 atom stereocenters. The second kappa shape index (κ2) is 19.7. The molecule has 2 aliphatic rings. The molecular weight excluding hydrogens is 634 g/mol. The van der Waals surface area contributed by atoms with Crippen LogP contribution in [-0.2, 0) is 33.3 Å². The Balaban J connectivity index is 2.69. The number of ketones is 2. The van der Waals surface area contributed by atoms with Gasteiger partial charge in [-0.2, -0.15) is 0 Å². The number of methoxy groups -OCH3 is 2. The summed E-state index contributed by atoms with van der Waals surface area (Å²) in [5, 5.41) is 5.78. The number of rotatable bonds is 10. The molecule has 14 heteroatoms. The van der Waals surface area contributed by atoms with Gasteiger partial charge in [-0.15, -0.1) is 0 Å². The number of nitrogens with one attached hydrogen (secondary N) is 2. The first-order valence-electron chi connectivity index (χ1n) is 16.5. The number of Topliss-reactive ketones (excluding diaryl/α,β-unsaturated/α-hetero) is 1. The fourth-order valence-corrected chi connectivity index (χ4v) is 5.96. The number of carbonyl (C=O) groups excluding carboxylic acids is 5. The molecule has 14 nitrogen and oxygen atoms in total. The summed E-state index contributed by atoms with van der Waals surface area (Å²) in [5.41, 5.74) is 11.9. The Kier molecular flexibility index (Phi) is 16.4. The van der Waals surface area contributed by atoms with Gasteiger partial charge in [0.05, 0.1) is 17.5 Å². The van der Waals surface area contributed by atoms with E-state index in [9.17, 15) is 24.0 Å². The molecule has 0 saturated carbocycles. The third-order valence-electron chi connectivity index (χ3n) is 8.64. The van der Waals surface area contributed by atoms with E-state index in [4.69, 9.17) is 30.4 Å². The van der Waals surface area contributed by atoms with Crippen LogP contribution < -0.4 is 22.1 Å². The van der Waals surface area contributed by atoms with Crippen LogP contribution in [0.5, 0.6) is 0 Å². The third kappa shape index (κ3) is 12.0. The average molecular weight is 688 g/mol. The number of carbonyl (C=O) groups is 5. The standard InChI is InChI=1S/C35H53N5O9/c1-9-40(10-2)15-14-38-29-24-16-20(3)17-28(47-8)32(49-35(37)45)23(6)18-22(5)31(48-34(36)44)27(46-7)13-11-12-21(4)33(43)39-25(30(24)42)19-26(29)41/h11-13,18-20,23,27-28,31-32,38H,9-10,14-17H2,1-8H3,(H2,36,44)(H2,37,45)(H,39,43)/b13-11-,21-12+,22-18+/t20-,23+,27+,28+,31+,32-/m1/s1. The van der Waals surface area contributed by atoms with E-state index < -0.39 is 60.0 Å². The lowest BCUT2D eigenvalue weighted by molar-refractivity contribution is -0.120. The van der Waals surface area contributed by atoms with Crippen molar-refractivity contribution in [2.24, 2.45) is 23.3 Å². The van der Waals surface area contributed by atoms with Crippen molar-refractivity contribution in [3.63, 3.8) is 0 Å². The quantitative estimate of drug-likeness (QED) is 0.194. The molecule has 0 radical (unpaired) electrons. The van der Waals surface area contributed by atoms with Gasteiger partial charge in [-0.05, 0) is 51.3 Å². The molecule has 0 unspecified atom stereocenters. The second-order valence-corrected chi connectivity index (χ2v) is 12.3. The Morgan fingerprint density at radius 2 is 1.67 bits per heavy atom. The largest absolute Gasteiger partial charge is 0.443 e. The topological polar surface area (TPSA) is 202 Å². The Morgan fingerprint density at radius 3 is 2.24 bits per heavy atom. The van der Waals surface area contributed by atoms with Crippen molar-refractivity contribution < 1.29 is 42.9 Å². The first-order valence-corrected chi connectivity index (χ1v) is 16.5. The van der Waals surface area contributed by atoms with Crippen molar-refractivity contribution in [1.82, 2.24) is 15.5 Å². The van der Waals surface area contributed by atoms with Crippen LogP contribution >= 0.6 is 0 Å². The number of ether oxygens (including phenoxy) is 4. The molecule has 1 heterocycles. The van der Waals surface area contributed by atoms with E-state index in [1.807, 2.05) is 20.8 Å². The van der Waals surface area contributed by atoms with Crippen molar-refractivity contribution in [3.05, 3.63) is 58.5 Å². The van der Waals surface area contributed by atoms with Gasteiger partial charge >= 0.3 is 12.2 Å². The molecule has 0 fully saturated rings. The Labute approximate surface area is 288 Å². The van der Waals surface area contributed by atoms with E-state index in [1.165, 1.54) is 20.3 Å². The van der Waals surface area contributed by atoms with E-state index in [1.54, 1.807) is 39.0 Å². The molecule has 3 amide bonds.